The Morgan fingerprint density at radius 3 is 2.24 bits per heavy atom. The van der Waals surface area contributed by atoms with E-state index in [9.17, 15) is 31.5 Å². The monoisotopic (exact) mass is 550 g/mol. The van der Waals surface area contributed by atoms with E-state index in [1.807, 2.05) is 6.92 Å². The minimum Gasteiger partial charge on any atom is -0.493 e. The Bertz CT molecular complexity index is 1360. The molecule has 0 fully saturated rings. The molecule has 1 N–H and O–H groups in total. The number of nitrogens with one attached hydrogen (secondary N) is 1. The molecule has 2 amide bonds. The van der Waals surface area contributed by atoms with Crippen molar-refractivity contribution < 1.29 is 36.3 Å². The Hall–Kier alpha value is -3.60. The fourth-order valence-electron chi connectivity index (χ4n) is 3.92. The Morgan fingerprint density at radius 1 is 0.974 bits per heavy atom. The first-order chi connectivity index (χ1) is 18.1. The maximum Gasteiger partial charge on any atom is 0.251 e. The van der Waals surface area contributed by atoms with Crippen LogP contribution >= 0.6 is 11.8 Å². The van der Waals surface area contributed by atoms with Gasteiger partial charge in [-0.1, -0.05) is 6.92 Å². The molecule has 11 heteroatoms. The number of nitrogens with zero attached hydrogens (tertiary/aromatic N) is 1. The Labute approximate surface area is 220 Å². The lowest BCUT2D eigenvalue weighted by Crippen LogP contribution is -2.39. The van der Waals surface area contributed by atoms with E-state index in [-0.39, 0.29) is 29.3 Å². The second-order valence-electron chi connectivity index (χ2n) is 8.61. The summed E-state index contributed by atoms with van der Waals surface area (Å²) in [5.74, 6) is -6.02. The molecule has 4 rings (SSSR count). The molecule has 1 atom stereocenters. The number of carbonyl (C=O) groups is 2. The second kappa shape index (κ2) is 11.4. The molecule has 0 saturated heterocycles. The van der Waals surface area contributed by atoms with Crippen LogP contribution in [0.15, 0.2) is 47.4 Å². The molecule has 1 heterocycles. The van der Waals surface area contributed by atoms with Gasteiger partial charge in [-0.3, -0.25) is 9.59 Å². The van der Waals surface area contributed by atoms with E-state index in [0.29, 0.717) is 35.7 Å². The number of rotatable bonds is 8. The number of thioether (sulfide) groups is 1. The molecule has 5 nitrogen and oxygen atoms in total. The van der Waals surface area contributed by atoms with Gasteiger partial charge in [0.25, 0.3) is 5.91 Å². The highest BCUT2D eigenvalue weighted by Gasteiger charge is 2.32. The minimum absolute atomic E-state index is 0.0518. The molecule has 0 spiro atoms. The molecular formula is C27H23F5N2O3S. The lowest BCUT2D eigenvalue weighted by Gasteiger charge is -2.33. The highest BCUT2D eigenvalue weighted by Crippen LogP contribution is 2.41. The van der Waals surface area contributed by atoms with Gasteiger partial charge in [0.2, 0.25) is 5.91 Å². The largest absolute Gasteiger partial charge is 0.493 e. The van der Waals surface area contributed by atoms with Crippen molar-refractivity contribution in [1.29, 1.82) is 0 Å². The molecule has 0 aromatic heterocycles. The zero-order valence-corrected chi connectivity index (χ0v) is 21.2. The molecule has 1 aliphatic heterocycles. The number of halogens is 5. The van der Waals surface area contributed by atoms with E-state index in [2.05, 4.69) is 5.32 Å². The number of ether oxygens (including phenoxy) is 1. The molecule has 0 bridgehead atoms. The maximum absolute atomic E-state index is 14.8. The number of anilines is 1. The number of hydrogen-bond donors (Lipinski definition) is 1. The standard InChI is InChI=1S/C27H23F5N2O3S/c1-3-6-37-17-10-22(31)19(23(32)11-17)13-34-24-5-4-15(7-25(24)38-14(2)27(34)36)26(35)33-12-18-20(29)8-16(28)9-21(18)30/h4-5,7-11,14H,3,6,12-13H2,1-2H3,(H,33,35). The second-order valence-corrected chi connectivity index (χ2v) is 9.99. The summed E-state index contributed by atoms with van der Waals surface area (Å²) in [6, 6.07) is 7.52. The first kappa shape index (κ1) is 27.4. The summed E-state index contributed by atoms with van der Waals surface area (Å²) in [5.41, 5.74) is -0.309. The van der Waals surface area contributed by atoms with E-state index >= 15 is 0 Å². The Morgan fingerprint density at radius 2 is 1.61 bits per heavy atom. The van der Waals surface area contributed by atoms with Crippen LogP contribution < -0.4 is 15.0 Å². The molecule has 3 aromatic carbocycles. The lowest BCUT2D eigenvalue weighted by atomic mass is 10.1. The van der Waals surface area contributed by atoms with Crippen LogP contribution in [0.25, 0.3) is 0 Å². The molecule has 3 aromatic rings. The number of fused-ring (bicyclic) bond motifs is 1. The highest BCUT2D eigenvalue weighted by molar-refractivity contribution is 8.01. The van der Waals surface area contributed by atoms with Crippen LogP contribution in [0.3, 0.4) is 0 Å². The highest BCUT2D eigenvalue weighted by atomic mass is 32.2. The van der Waals surface area contributed by atoms with Crippen LogP contribution in [0.1, 0.15) is 41.8 Å². The topological polar surface area (TPSA) is 58.6 Å². The van der Waals surface area contributed by atoms with E-state index in [1.165, 1.54) is 34.9 Å². The predicted molar refractivity (Wildman–Crippen MR) is 133 cm³/mol. The number of hydrogen-bond acceptors (Lipinski definition) is 4. The van der Waals surface area contributed by atoms with Crippen LogP contribution in [0, 0.1) is 29.1 Å². The van der Waals surface area contributed by atoms with Crippen molar-refractivity contribution >= 4 is 29.3 Å². The van der Waals surface area contributed by atoms with Crippen LogP contribution in [0.5, 0.6) is 5.75 Å². The third kappa shape index (κ3) is 5.77. The number of carbonyl (C=O) groups excluding carboxylic acids is 2. The summed E-state index contributed by atoms with van der Waals surface area (Å²) >= 11 is 1.17. The molecule has 0 saturated carbocycles. The first-order valence-electron chi connectivity index (χ1n) is 11.7. The molecule has 1 aliphatic rings. The molecule has 1 unspecified atom stereocenters. The van der Waals surface area contributed by atoms with Gasteiger partial charge in [-0.15, -0.1) is 11.8 Å². The smallest absolute Gasteiger partial charge is 0.251 e. The van der Waals surface area contributed by atoms with E-state index in [0.717, 1.165) is 12.1 Å². The van der Waals surface area contributed by atoms with Crippen LogP contribution in [0.4, 0.5) is 27.6 Å². The quantitative estimate of drug-likeness (QED) is 0.343. The van der Waals surface area contributed by atoms with Crippen LogP contribution in [0.2, 0.25) is 0 Å². The summed E-state index contributed by atoms with van der Waals surface area (Å²) in [6.07, 6.45) is 0.666. The van der Waals surface area contributed by atoms with E-state index in [1.54, 1.807) is 6.92 Å². The van der Waals surface area contributed by atoms with E-state index < -0.39 is 52.4 Å². The van der Waals surface area contributed by atoms with Gasteiger partial charge in [0.05, 0.1) is 24.1 Å². The molecule has 0 radical (unpaired) electrons. The fraction of sp³-hybridized carbons (Fsp3) is 0.259. The first-order valence-corrected chi connectivity index (χ1v) is 12.6. The van der Waals surface area contributed by atoms with Crippen LogP contribution in [-0.4, -0.2) is 23.7 Å². The number of benzene rings is 3. The number of amides is 2. The van der Waals surface area contributed by atoms with Gasteiger partial charge >= 0.3 is 0 Å². The predicted octanol–water partition coefficient (Wildman–Crippen LogP) is 6.13. The zero-order chi connectivity index (χ0) is 27.6. The lowest BCUT2D eigenvalue weighted by molar-refractivity contribution is -0.118. The van der Waals surface area contributed by atoms with Crippen molar-refractivity contribution in [2.45, 2.75) is 43.5 Å². The SMILES string of the molecule is CCCOc1cc(F)c(CN2C(=O)C(C)Sc3cc(C(=O)NCc4c(F)cc(F)cc4F)ccc32)c(F)c1. The van der Waals surface area contributed by atoms with Gasteiger partial charge in [-0.25, -0.2) is 22.0 Å². The normalized spacial score (nSPS) is 14.9. The molecule has 200 valence electrons. The van der Waals surface area contributed by atoms with Gasteiger partial charge in [-0.05, 0) is 31.5 Å². The van der Waals surface area contributed by atoms with E-state index in [4.69, 9.17) is 4.74 Å². The van der Waals surface area contributed by atoms with Crippen molar-refractivity contribution in [1.82, 2.24) is 5.32 Å². The summed E-state index contributed by atoms with van der Waals surface area (Å²) in [5, 5.41) is 1.78. The Balaban J connectivity index is 1.56. The van der Waals surface area contributed by atoms with Crippen molar-refractivity contribution in [2.24, 2.45) is 0 Å². The summed E-state index contributed by atoms with van der Waals surface area (Å²) in [4.78, 5) is 27.4. The summed E-state index contributed by atoms with van der Waals surface area (Å²) in [6.45, 7) is 2.90. The van der Waals surface area contributed by atoms with Crippen molar-refractivity contribution in [3.8, 4) is 5.75 Å². The zero-order valence-electron chi connectivity index (χ0n) is 20.4. The van der Waals surface area contributed by atoms with Crippen molar-refractivity contribution in [3.63, 3.8) is 0 Å². The molecule has 38 heavy (non-hydrogen) atoms. The molecular weight excluding hydrogens is 527 g/mol. The third-order valence-corrected chi connectivity index (χ3v) is 7.00. The van der Waals surface area contributed by atoms with Gasteiger partial charge in [0.1, 0.15) is 34.8 Å². The Kier molecular flexibility index (Phi) is 8.25. The van der Waals surface area contributed by atoms with Crippen molar-refractivity contribution in [3.05, 3.63) is 88.2 Å². The third-order valence-electron chi connectivity index (χ3n) is 5.87. The molecule has 0 aliphatic carbocycles. The van der Waals surface area contributed by atoms with Gasteiger partial charge in [0, 0.05) is 52.4 Å². The average Bonchev–Trinajstić information content (AvgIpc) is 2.85. The van der Waals surface area contributed by atoms with Crippen molar-refractivity contribution in [2.75, 3.05) is 11.5 Å². The van der Waals surface area contributed by atoms with Gasteiger partial charge in [0.15, 0.2) is 0 Å². The fourth-order valence-corrected chi connectivity index (χ4v) is 5.02. The van der Waals surface area contributed by atoms with Gasteiger partial charge in [-0.2, -0.15) is 0 Å². The minimum atomic E-state index is -1.13. The van der Waals surface area contributed by atoms with Crippen LogP contribution in [-0.2, 0) is 17.9 Å². The summed E-state index contributed by atoms with van der Waals surface area (Å²) < 4.78 is 75.8. The van der Waals surface area contributed by atoms with Gasteiger partial charge < -0.3 is 15.0 Å². The average molecular weight is 551 g/mol. The summed E-state index contributed by atoms with van der Waals surface area (Å²) in [7, 11) is 0. The maximum atomic E-state index is 14.8.